The molecule has 3 nitrogen and oxygen atoms in total. The number of halogens is 3. The molecule has 2 aromatic rings. The monoisotopic (exact) mass is 415 g/mol. The van der Waals surface area contributed by atoms with E-state index in [0.29, 0.717) is 34.5 Å². The van der Waals surface area contributed by atoms with Gasteiger partial charge in [-0.1, -0.05) is 48.3 Å². The van der Waals surface area contributed by atoms with Crippen molar-refractivity contribution in [1.82, 2.24) is 5.32 Å². The normalized spacial score (nSPS) is 11.8. The van der Waals surface area contributed by atoms with Gasteiger partial charge in [0, 0.05) is 28.1 Å². The molecule has 0 aromatic heterocycles. The Balaban J connectivity index is 1.76. The molecule has 2 rings (SSSR count). The predicted octanol–water partition coefficient (Wildman–Crippen LogP) is 5.34. The molecular weight excluding hydrogens is 396 g/mol. The van der Waals surface area contributed by atoms with Gasteiger partial charge in [-0.15, -0.1) is 0 Å². The van der Waals surface area contributed by atoms with E-state index in [4.69, 9.17) is 27.9 Å². The number of nitrogens with one attached hydrogen (secondary N) is 1. The lowest BCUT2D eigenvalue weighted by atomic mass is 10.2. The van der Waals surface area contributed by atoms with Crippen molar-refractivity contribution >= 4 is 40.9 Å². The highest BCUT2D eigenvalue weighted by Gasteiger charge is 2.19. The topological polar surface area (TPSA) is 38.3 Å². The van der Waals surface area contributed by atoms with Crippen LogP contribution in [0.2, 0.25) is 10.0 Å². The van der Waals surface area contributed by atoms with Crippen molar-refractivity contribution in [2.24, 2.45) is 0 Å². The van der Waals surface area contributed by atoms with E-state index >= 15 is 0 Å². The largest absolute Gasteiger partial charge is 0.478 e. The minimum atomic E-state index is -0.727. The van der Waals surface area contributed by atoms with E-state index in [1.165, 1.54) is 12.1 Å². The number of hydrogen-bond donors (Lipinski definition) is 1. The van der Waals surface area contributed by atoms with Gasteiger partial charge < -0.3 is 10.1 Å². The zero-order valence-corrected chi connectivity index (χ0v) is 16.6. The van der Waals surface area contributed by atoms with Crippen LogP contribution in [-0.4, -0.2) is 24.3 Å². The van der Waals surface area contributed by atoms with Crippen LogP contribution in [0.1, 0.15) is 18.9 Å². The Morgan fingerprint density at radius 2 is 1.88 bits per heavy atom. The van der Waals surface area contributed by atoms with Gasteiger partial charge in [0.15, 0.2) is 17.7 Å². The molecular formula is C19H20Cl2FNO2S. The standard InChI is InChI=1S/C19H20Cl2FNO2S/c1-2-17(25-18-9-4-3-8-16(18)22)19(24)23-10-11-26-12-13-14(20)6-5-7-15(13)21/h3-9,17H,2,10-12H2,1H3,(H,23,24)/t17-/m0/s1. The Labute approximate surface area is 167 Å². The number of ether oxygens (including phenoxy) is 1. The van der Waals surface area contributed by atoms with Crippen LogP contribution < -0.4 is 10.1 Å². The van der Waals surface area contributed by atoms with Crippen molar-refractivity contribution in [1.29, 1.82) is 0 Å². The Hall–Kier alpha value is -1.43. The zero-order valence-electron chi connectivity index (χ0n) is 14.3. The van der Waals surface area contributed by atoms with E-state index in [9.17, 15) is 9.18 Å². The van der Waals surface area contributed by atoms with Gasteiger partial charge in [0.1, 0.15) is 0 Å². The van der Waals surface area contributed by atoms with Gasteiger partial charge in [-0.05, 0) is 36.2 Å². The number of benzene rings is 2. The molecule has 7 heteroatoms. The summed E-state index contributed by atoms with van der Waals surface area (Å²) in [6, 6.07) is 11.5. The SMILES string of the molecule is CC[C@H](Oc1ccccc1F)C(=O)NCCSCc1c(Cl)cccc1Cl. The fourth-order valence-electron chi connectivity index (χ4n) is 2.22. The maximum absolute atomic E-state index is 13.6. The summed E-state index contributed by atoms with van der Waals surface area (Å²) in [5.74, 6) is 0.705. The molecule has 0 aliphatic carbocycles. The first kappa shape index (κ1) is 20.9. The van der Waals surface area contributed by atoms with Crippen molar-refractivity contribution < 1.29 is 13.9 Å². The van der Waals surface area contributed by atoms with E-state index < -0.39 is 11.9 Å². The number of rotatable bonds is 9. The van der Waals surface area contributed by atoms with Crippen LogP contribution in [0, 0.1) is 5.82 Å². The lowest BCUT2D eigenvalue weighted by molar-refractivity contribution is -0.128. The molecule has 0 radical (unpaired) electrons. The first-order valence-corrected chi connectivity index (χ1v) is 10.1. The fraction of sp³-hybridized carbons (Fsp3) is 0.316. The summed E-state index contributed by atoms with van der Waals surface area (Å²) in [5, 5.41) is 4.09. The second kappa shape index (κ2) is 10.7. The molecule has 0 saturated heterocycles. The van der Waals surface area contributed by atoms with E-state index in [2.05, 4.69) is 5.32 Å². The molecule has 0 heterocycles. The average Bonchev–Trinajstić information content (AvgIpc) is 2.62. The van der Waals surface area contributed by atoms with Crippen molar-refractivity contribution in [2.75, 3.05) is 12.3 Å². The van der Waals surface area contributed by atoms with Gasteiger partial charge in [0.05, 0.1) is 0 Å². The second-order valence-corrected chi connectivity index (χ2v) is 7.41. The smallest absolute Gasteiger partial charge is 0.261 e. The maximum Gasteiger partial charge on any atom is 0.261 e. The molecule has 0 aliphatic heterocycles. The molecule has 140 valence electrons. The predicted molar refractivity (Wildman–Crippen MR) is 107 cm³/mol. The molecule has 1 atom stereocenters. The van der Waals surface area contributed by atoms with E-state index in [1.54, 1.807) is 42.1 Å². The van der Waals surface area contributed by atoms with Gasteiger partial charge in [-0.3, -0.25) is 4.79 Å². The Bertz CT molecular complexity index is 725. The van der Waals surface area contributed by atoms with Gasteiger partial charge in [-0.2, -0.15) is 11.8 Å². The Morgan fingerprint density at radius 3 is 2.54 bits per heavy atom. The van der Waals surface area contributed by atoms with Gasteiger partial charge in [0.25, 0.3) is 5.91 Å². The average molecular weight is 416 g/mol. The van der Waals surface area contributed by atoms with Crippen LogP contribution in [0.15, 0.2) is 42.5 Å². The number of hydrogen-bond acceptors (Lipinski definition) is 3. The number of thioether (sulfide) groups is 1. The first-order chi connectivity index (χ1) is 12.5. The summed E-state index contributed by atoms with van der Waals surface area (Å²) in [5.41, 5.74) is 0.890. The summed E-state index contributed by atoms with van der Waals surface area (Å²) < 4.78 is 19.1. The first-order valence-electron chi connectivity index (χ1n) is 8.22. The van der Waals surface area contributed by atoms with Crippen LogP contribution in [0.3, 0.4) is 0 Å². The highest BCUT2D eigenvalue weighted by molar-refractivity contribution is 7.98. The Morgan fingerprint density at radius 1 is 1.19 bits per heavy atom. The molecule has 26 heavy (non-hydrogen) atoms. The quantitative estimate of drug-likeness (QED) is 0.561. The maximum atomic E-state index is 13.6. The van der Waals surface area contributed by atoms with Gasteiger partial charge in [-0.25, -0.2) is 4.39 Å². The fourth-order valence-corrected chi connectivity index (χ4v) is 3.82. The third kappa shape index (κ3) is 6.08. The second-order valence-electron chi connectivity index (χ2n) is 5.49. The van der Waals surface area contributed by atoms with E-state index in [-0.39, 0.29) is 11.7 Å². The highest BCUT2D eigenvalue weighted by atomic mass is 35.5. The number of amides is 1. The zero-order chi connectivity index (χ0) is 18.9. The van der Waals surface area contributed by atoms with Crippen molar-refractivity contribution in [3.05, 3.63) is 63.9 Å². The third-order valence-corrected chi connectivity index (χ3v) is 5.32. The minimum absolute atomic E-state index is 0.0808. The molecule has 0 bridgehead atoms. The molecule has 0 unspecified atom stereocenters. The summed E-state index contributed by atoms with van der Waals surface area (Å²) in [6.45, 7) is 2.29. The molecule has 0 fully saturated rings. The summed E-state index contributed by atoms with van der Waals surface area (Å²) in [4.78, 5) is 12.2. The molecule has 0 saturated carbocycles. The van der Waals surface area contributed by atoms with Crippen LogP contribution in [0.25, 0.3) is 0 Å². The Kier molecular flexibility index (Phi) is 8.55. The van der Waals surface area contributed by atoms with E-state index in [0.717, 1.165) is 5.56 Å². The number of carbonyl (C=O) groups excluding carboxylic acids is 1. The molecule has 0 aliphatic rings. The molecule has 2 aromatic carbocycles. The third-order valence-electron chi connectivity index (χ3n) is 3.62. The van der Waals surface area contributed by atoms with Gasteiger partial charge >= 0.3 is 0 Å². The number of para-hydroxylation sites is 1. The van der Waals surface area contributed by atoms with Crippen molar-refractivity contribution in [3.8, 4) is 5.75 Å². The lowest BCUT2D eigenvalue weighted by Crippen LogP contribution is -2.39. The van der Waals surface area contributed by atoms with Crippen LogP contribution in [0.5, 0.6) is 5.75 Å². The lowest BCUT2D eigenvalue weighted by Gasteiger charge is -2.17. The molecule has 1 amide bonds. The highest BCUT2D eigenvalue weighted by Crippen LogP contribution is 2.28. The van der Waals surface area contributed by atoms with Crippen LogP contribution in [0.4, 0.5) is 4.39 Å². The molecule has 0 spiro atoms. The number of carbonyl (C=O) groups is 1. The van der Waals surface area contributed by atoms with Crippen molar-refractivity contribution in [2.45, 2.75) is 25.2 Å². The van der Waals surface area contributed by atoms with Crippen LogP contribution in [-0.2, 0) is 10.5 Å². The van der Waals surface area contributed by atoms with Crippen LogP contribution >= 0.6 is 35.0 Å². The van der Waals surface area contributed by atoms with E-state index in [1.807, 2.05) is 6.92 Å². The van der Waals surface area contributed by atoms with Gasteiger partial charge in [0.2, 0.25) is 0 Å². The minimum Gasteiger partial charge on any atom is -0.478 e. The summed E-state index contributed by atoms with van der Waals surface area (Å²) in [6.07, 6.45) is -0.280. The van der Waals surface area contributed by atoms with Crippen molar-refractivity contribution in [3.63, 3.8) is 0 Å². The summed E-state index contributed by atoms with van der Waals surface area (Å²) >= 11 is 13.9. The molecule has 1 N–H and O–H groups in total. The summed E-state index contributed by atoms with van der Waals surface area (Å²) in [7, 11) is 0.